The topological polar surface area (TPSA) is 16.1 Å². The first-order valence-corrected chi connectivity index (χ1v) is 8.38. The monoisotopic (exact) mass is 302 g/mol. The van der Waals surface area contributed by atoms with Gasteiger partial charge in [-0.2, -0.15) is 0 Å². The number of aromatic nitrogens is 1. The van der Waals surface area contributed by atoms with E-state index < -0.39 is 0 Å². The molecule has 0 bridgehead atoms. The Bertz CT molecular complexity index is 630. The van der Waals surface area contributed by atoms with Crippen LogP contribution in [0.1, 0.15) is 38.7 Å². The molecule has 0 saturated carbocycles. The van der Waals surface area contributed by atoms with Crippen LogP contribution < -0.4 is 4.90 Å². The fourth-order valence-corrected chi connectivity index (χ4v) is 3.42. The molecule has 0 amide bonds. The summed E-state index contributed by atoms with van der Waals surface area (Å²) in [5.74, 6) is 1.64. The van der Waals surface area contributed by atoms with Crippen molar-refractivity contribution in [3.05, 3.63) is 36.0 Å². The van der Waals surface area contributed by atoms with E-state index in [4.69, 9.17) is 16.6 Å². The van der Waals surface area contributed by atoms with Gasteiger partial charge in [0.1, 0.15) is 5.82 Å². The fraction of sp³-hybridized carbons (Fsp3) is 0.500. The molecule has 2 nitrogen and oxygen atoms in total. The first-order valence-electron chi connectivity index (χ1n) is 7.84. The Kier molecular flexibility index (Phi) is 4.08. The molecule has 112 valence electrons. The summed E-state index contributed by atoms with van der Waals surface area (Å²) < 4.78 is 0. The van der Waals surface area contributed by atoms with Crippen molar-refractivity contribution in [2.45, 2.75) is 39.0 Å². The number of pyridine rings is 1. The molecule has 0 atom stereocenters. The van der Waals surface area contributed by atoms with Gasteiger partial charge in [0.25, 0.3) is 0 Å². The van der Waals surface area contributed by atoms with Crippen LogP contribution >= 0.6 is 11.6 Å². The van der Waals surface area contributed by atoms with E-state index in [0.29, 0.717) is 11.3 Å². The maximum absolute atomic E-state index is 6.05. The van der Waals surface area contributed by atoms with Gasteiger partial charge in [0.05, 0.1) is 0 Å². The van der Waals surface area contributed by atoms with Gasteiger partial charge in [0.2, 0.25) is 0 Å². The largest absolute Gasteiger partial charge is 0.356 e. The Hall–Kier alpha value is -1.28. The highest BCUT2D eigenvalue weighted by Crippen LogP contribution is 2.37. The Morgan fingerprint density at radius 1 is 1.19 bits per heavy atom. The summed E-state index contributed by atoms with van der Waals surface area (Å²) in [5.41, 5.74) is 1.62. The van der Waals surface area contributed by atoms with Crippen molar-refractivity contribution in [3.8, 4) is 0 Å². The minimum atomic E-state index is 0.502. The second-order valence-corrected chi connectivity index (χ2v) is 6.70. The lowest BCUT2D eigenvalue weighted by molar-refractivity contribution is 0.238. The predicted octanol–water partition coefficient (Wildman–Crippen LogP) is 4.99. The number of rotatable bonds is 3. The SMILES string of the molecule is CCC1(C)CCN(c2ncc(CCl)c3ccccc23)CC1. The first-order chi connectivity index (χ1) is 10.2. The van der Waals surface area contributed by atoms with E-state index in [1.165, 1.54) is 30.0 Å². The zero-order valence-corrected chi connectivity index (χ0v) is 13.7. The number of hydrogen-bond acceptors (Lipinski definition) is 2. The van der Waals surface area contributed by atoms with Gasteiger partial charge < -0.3 is 4.90 Å². The second kappa shape index (κ2) is 5.84. The molecule has 21 heavy (non-hydrogen) atoms. The first kappa shape index (κ1) is 14.6. The summed E-state index contributed by atoms with van der Waals surface area (Å²) in [7, 11) is 0. The number of alkyl halides is 1. The molecule has 1 aromatic heterocycles. The van der Waals surface area contributed by atoms with E-state index in [0.717, 1.165) is 24.5 Å². The molecule has 0 radical (unpaired) electrons. The van der Waals surface area contributed by atoms with Crippen molar-refractivity contribution < 1.29 is 0 Å². The average Bonchev–Trinajstić information content (AvgIpc) is 2.55. The molecule has 0 N–H and O–H groups in total. The fourth-order valence-electron chi connectivity index (χ4n) is 3.21. The molecule has 3 rings (SSSR count). The Morgan fingerprint density at radius 2 is 1.86 bits per heavy atom. The maximum atomic E-state index is 6.05. The van der Waals surface area contributed by atoms with E-state index in [-0.39, 0.29) is 0 Å². The molecule has 0 unspecified atom stereocenters. The Morgan fingerprint density at radius 3 is 2.48 bits per heavy atom. The number of fused-ring (bicyclic) bond motifs is 1. The molecule has 1 saturated heterocycles. The Balaban J connectivity index is 1.95. The van der Waals surface area contributed by atoms with Crippen LogP contribution in [0.15, 0.2) is 30.5 Å². The van der Waals surface area contributed by atoms with E-state index in [2.05, 4.69) is 43.0 Å². The van der Waals surface area contributed by atoms with Gasteiger partial charge >= 0.3 is 0 Å². The lowest BCUT2D eigenvalue weighted by atomic mass is 9.78. The van der Waals surface area contributed by atoms with Crippen LogP contribution in [0, 0.1) is 5.41 Å². The molecule has 0 spiro atoms. The average molecular weight is 303 g/mol. The molecule has 2 heterocycles. The molecule has 1 aliphatic heterocycles. The summed E-state index contributed by atoms with van der Waals surface area (Å²) in [5, 5.41) is 2.47. The normalized spacial score (nSPS) is 18.1. The number of hydrogen-bond donors (Lipinski definition) is 0. The predicted molar refractivity (Wildman–Crippen MR) is 91.1 cm³/mol. The standard InChI is InChI=1S/C18H23ClN2/c1-3-18(2)8-10-21(11-9-18)17-16-7-5-4-6-15(16)14(12-19)13-20-17/h4-7,13H,3,8-12H2,1-2H3. The third kappa shape index (κ3) is 2.74. The van der Waals surface area contributed by atoms with Gasteiger partial charge in [-0.3, -0.25) is 0 Å². The minimum Gasteiger partial charge on any atom is -0.356 e. The third-order valence-electron chi connectivity index (χ3n) is 5.12. The summed E-state index contributed by atoms with van der Waals surface area (Å²) >= 11 is 6.05. The van der Waals surface area contributed by atoms with E-state index in [1.54, 1.807) is 0 Å². The van der Waals surface area contributed by atoms with Crippen LogP contribution in [0.3, 0.4) is 0 Å². The molecular formula is C18H23ClN2. The highest BCUT2D eigenvalue weighted by molar-refractivity contribution is 6.18. The van der Waals surface area contributed by atoms with Crippen molar-refractivity contribution >= 4 is 28.2 Å². The molecular weight excluding hydrogens is 280 g/mol. The van der Waals surface area contributed by atoms with Crippen molar-refractivity contribution in [1.82, 2.24) is 4.98 Å². The third-order valence-corrected chi connectivity index (χ3v) is 5.41. The van der Waals surface area contributed by atoms with Crippen LogP contribution in [-0.4, -0.2) is 18.1 Å². The van der Waals surface area contributed by atoms with Gasteiger partial charge in [-0.15, -0.1) is 11.6 Å². The van der Waals surface area contributed by atoms with Crippen LogP contribution in [-0.2, 0) is 5.88 Å². The van der Waals surface area contributed by atoms with E-state index >= 15 is 0 Å². The van der Waals surface area contributed by atoms with Crippen molar-refractivity contribution in [3.63, 3.8) is 0 Å². The summed E-state index contributed by atoms with van der Waals surface area (Å²) in [4.78, 5) is 7.16. The highest BCUT2D eigenvalue weighted by Gasteiger charge is 2.29. The van der Waals surface area contributed by atoms with Crippen LogP contribution in [0.2, 0.25) is 0 Å². The number of halogens is 1. The van der Waals surface area contributed by atoms with E-state index in [1.807, 2.05) is 6.20 Å². The number of nitrogens with zero attached hydrogens (tertiary/aromatic N) is 2. The molecule has 1 aromatic carbocycles. The smallest absolute Gasteiger partial charge is 0.136 e. The minimum absolute atomic E-state index is 0.502. The van der Waals surface area contributed by atoms with Crippen molar-refractivity contribution in [2.75, 3.05) is 18.0 Å². The van der Waals surface area contributed by atoms with Crippen LogP contribution in [0.5, 0.6) is 0 Å². The van der Waals surface area contributed by atoms with Crippen molar-refractivity contribution in [1.29, 1.82) is 0 Å². The highest BCUT2D eigenvalue weighted by atomic mass is 35.5. The molecule has 0 aliphatic carbocycles. The second-order valence-electron chi connectivity index (χ2n) is 6.44. The maximum Gasteiger partial charge on any atom is 0.136 e. The van der Waals surface area contributed by atoms with Gasteiger partial charge in [-0.25, -0.2) is 4.98 Å². The summed E-state index contributed by atoms with van der Waals surface area (Å²) in [6.45, 7) is 6.91. The van der Waals surface area contributed by atoms with Gasteiger partial charge in [0.15, 0.2) is 0 Å². The molecule has 3 heteroatoms. The quantitative estimate of drug-likeness (QED) is 0.743. The number of benzene rings is 1. The van der Waals surface area contributed by atoms with Gasteiger partial charge in [0, 0.05) is 30.6 Å². The lowest BCUT2D eigenvalue weighted by Gasteiger charge is -2.39. The lowest BCUT2D eigenvalue weighted by Crippen LogP contribution is -2.38. The van der Waals surface area contributed by atoms with Gasteiger partial charge in [-0.1, -0.05) is 44.5 Å². The van der Waals surface area contributed by atoms with Crippen LogP contribution in [0.4, 0.5) is 5.82 Å². The van der Waals surface area contributed by atoms with Crippen molar-refractivity contribution in [2.24, 2.45) is 5.41 Å². The molecule has 1 fully saturated rings. The molecule has 1 aliphatic rings. The molecule has 2 aromatic rings. The van der Waals surface area contributed by atoms with Crippen LogP contribution in [0.25, 0.3) is 10.8 Å². The van der Waals surface area contributed by atoms with E-state index in [9.17, 15) is 0 Å². The summed E-state index contributed by atoms with van der Waals surface area (Å²) in [6.07, 6.45) is 5.70. The summed E-state index contributed by atoms with van der Waals surface area (Å²) in [6, 6.07) is 8.48. The Labute approximate surface area is 132 Å². The van der Waals surface area contributed by atoms with Gasteiger partial charge in [-0.05, 0) is 29.2 Å². The zero-order chi connectivity index (χ0) is 14.9. The number of anilines is 1. The number of piperidine rings is 1. The zero-order valence-electron chi connectivity index (χ0n) is 12.9.